The van der Waals surface area contributed by atoms with Crippen LogP contribution < -0.4 is 0 Å². The van der Waals surface area contributed by atoms with Crippen LogP contribution in [0, 0.1) is 6.92 Å². The molecule has 0 atom stereocenters. The van der Waals surface area contributed by atoms with E-state index < -0.39 is 0 Å². The van der Waals surface area contributed by atoms with Gasteiger partial charge in [-0.1, -0.05) is 6.07 Å². The van der Waals surface area contributed by atoms with Crippen molar-refractivity contribution in [1.29, 1.82) is 0 Å². The molecule has 1 aromatic carbocycles. The Morgan fingerprint density at radius 1 is 0.909 bits per heavy atom. The highest BCUT2D eigenvalue weighted by Gasteiger charge is 2.07. The van der Waals surface area contributed by atoms with Crippen molar-refractivity contribution >= 4 is 10.9 Å². The molecule has 0 unspecified atom stereocenters. The van der Waals surface area contributed by atoms with Gasteiger partial charge in [0, 0.05) is 35.7 Å². The molecule has 0 bridgehead atoms. The third-order valence-corrected chi connectivity index (χ3v) is 3.96. The van der Waals surface area contributed by atoms with E-state index in [-0.39, 0.29) is 0 Å². The number of rotatable bonds is 2. The van der Waals surface area contributed by atoms with Gasteiger partial charge < -0.3 is 4.57 Å². The number of aryl methyl sites for hydroxylation is 1. The van der Waals surface area contributed by atoms with Crippen LogP contribution in [0.25, 0.3) is 27.7 Å². The largest absolute Gasteiger partial charge is 0.315 e. The lowest BCUT2D eigenvalue weighted by Gasteiger charge is -2.07. The number of fused-ring (bicyclic) bond motifs is 1. The van der Waals surface area contributed by atoms with Crippen molar-refractivity contribution in [2.24, 2.45) is 0 Å². The van der Waals surface area contributed by atoms with Gasteiger partial charge in [0.1, 0.15) is 0 Å². The van der Waals surface area contributed by atoms with Crippen LogP contribution in [-0.2, 0) is 0 Å². The van der Waals surface area contributed by atoms with E-state index in [9.17, 15) is 0 Å². The Labute approximate surface area is 128 Å². The van der Waals surface area contributed by atoms with E-state index in [1.807, 2.05) is 30.7 Å². The zero-order valence-electron chi connectivity index (χ0n) is 12.3. The molecule has 4 aromatic rings. The molecule has 0 aliphatic rings. The summed E-state index contributed by atoms with van der Waals surface area (Å²) in [6, 6.07) is 14.7. The standard InChI is InChI=1S/C19H15N3/c1-14-6-9-21-13-18(14)15-4-5-19-16(11-15)7-10-22(19)17-3-2-8-20-12-17/h2-13H,1H3. The number of aromatic nitrogens is 3. The van der Waals surface area contributed by atoms with Gasteiger partial charge in [0.2, 0.25) is 0 Å². The first-order valence-corrected chi connectivity index (χ1v) is 7.25. The predicted molar refractivity (Wildman–Crippen MR) is 89.0 cm³/mol. The van der Waals surface area contributed by atoms with E-state index in [0.717, 1.165) is 5.69 Å². The van der Waals surface area contributed by atoms with Gasteiger partial charge in [0.15, 0.2) is 0 Å². The average molecular weight is 285 g/mol. The Balaban J connectivity index is 1.86. The number of nitrogens with zero attached hydrogens (tertiary/aromatic N) is 3. The van der Waals surface area contributed by atoms with Gasteiger partial charge in [0.05, 0.1) is 17.4 Å². The fourth-order valence-electron chi connectivity index (χ4n) is 2.80. The lowest BCUT2D eigenvalue weighted by molar-refractivity contribution is 1.10. The maximum absolute atomic E-state index is 4.24. The van der Waals surface area contributed by atoms with Gasteiger partial charge >= 0.3 is 0 Å². The van der Waals surface area contributed by atoms with Gasteiger partial charge in [-0.05, 0) is 54.4 Å². The van der Waals surface area contributed by atoms with Gasteiger partial charge in [-0.2, -0.15) is 0 Å². The van der Waals surface area contributed by atoms with Gasteiger partial charge in [-0.3, -0.25) is 9.97 Å². The Morgan fingerprint density at radius 3 is 2.64 bits per heavy atom. The predicted octanol–water partition coefficient (Wildman–Crippen LogP) is 4.40. The van der Waals surface area contributed by atoms with E-state index in [0.29, 0.717) is 0 Å². The maximum Gasteiger partial charge on any atom is 0.0639 e. The summed E-state index contributed by atoms with van der Waals surface area (Å²) in [6.07, 6.45) is 9.50. The molecule has 0 N–H and O–H groups in total. The summed E-state index contributed by atoms with van der Waals surface area (Å²) in [5.74, 6) is 0. The van der Waals surface area contributed by atoms with Crippen LogP contribution in [0.1, 0.15) is 5.56 Å². The summed E-state index contributed by atoms with van der Waals surface area (Å²) < 4.78 is 2.15. The van der Waals surface area contributed by atoms with Crippen molar-refractivity contribution in [2.75, 3.05) is 0 Å². The van der Waals surface area contributed by atoms with E-state index in [4.69, 9.17) is 0 Å². The molecule has 0 fully saturated rings. The molecule has 22 heavy (non-hydrogen) atoms. The van der Waals surface area contributed by atoms with Crippen molar-refractivity contribution in [3.8, 4) is 16.8 Å². The van der Waals surface area contributed by atoms with Crippen molar-refractivity contribution in [2.45, 2.75) is 6.92 Å². The quantitative estimate of drug-likeness (QED) is 0.546. The molecule has 0 aliphatic heterocycles. The molecule has 0 saturated heterocycles. The van der Waals surface area contributed by atoms with E-state index >= 15 is 0 Å². The summed E-state index contributed by atoms with van der Waals surface area (Å²) in [5, 5.41) is 1.21. The number of hydrogen-bond acceptors (Lipinski definition) is 2. The molecule has 0 amide bonds. The molecular weight excluding hydrogens is 270 g/mol. The lowest BCUT2D eigenvalue weighted by atomic mass is 10.0. The molecule has 3 heterocycles. The molecule has 0 saturated carbocycles. The van der Waals surface area contributed by atoms with E-state index in [1.54, 1.807) is 6.20 Å². The maximum atomic E-state index is 4.24. The third-order valence-electron chi connectivity index (χ3n) is 3.96. The van der Waals surface area contributed by atoms with Crippen LogP contribution >= 0.6 is 0 Å². The normalized spacial score (nSPS) is 11.0. The first-order valence-electron chi connectivity index (χ1n) is 7.25. The molecular formula is C19H15N3. The van der Waals surface area contributed by atoms with Crippen LogP contribution in [0.5, 0.6) is 0 Å². The Bertz CT molecular complexity index is 939. The van der Waals surface area contributed by atoms with Crippen LogP contribution in [-0.4, -0.2) is 14.5 Å². The zero-order valence-corrected chi connectivity index (χ0v) is 12.3. The fraction of sp³-hybridized carbons (Fsp3) is 0.0526. The average Bonchev–Trinajstić information content (AvgIpc) is 2.99. The molecule has 3 nitrogen and oxygen atoms in total. The lowest BCUT2D eigenvalue weighted by Crippen LogP contribution is -1.92. The van der Waals surface area contributed by atoms with E-state index in [2.05, 4.69) is 58.0 Å². The summed E-state index contributed by atoms with van der Waals surface area (Å²) >= 11 is 0. The van der Waals surface area contributed by atoms with Gasteiger partial charge in [0.25, 0.3) is 0 Å². The molecule has 106 valence electrons. The highest BCUT2D eigenvalue weighted by Crippen LogP contribution is 2.28. The second kappa shape index (κ2) is 5.11. The second-order valence-electron chi connectivity index (χ2n) is 5.36. The van der Waals surface area contributed by atoms with Crippen LogP contribution in [0.2, 0.25) is 0 Å². The SMILES string of the molecule is Cc1ccncc1-c1ccc2c(ccn2-c2cccnc2)c1. The summed E-state index contributed by atoms with van der Waals surface area (Å²) in [4.78, 5) is 8.44. The van der Waals surface area contributed by atoms with Crippen LogP contribution in [0.3, 0.4) is 0 Å². The first-order chi connectivity index (χ1) is 10.8. The van der Waals surface area contributed by atoms with Crippen molar-refractivity contribution < 1.29 is 0 Å². The minimum atomic E-state index is 1.07. The number of benzene rings is 1. The minimum Gasteiger partial charge on any atom is -0.315 e. The smallest absolute Gasteiger partial charge is 0.0639 e. The molecule has 0 spiro atoms. The zero-order chi connectivity index (χ0) is 14.9. The minimum absolute atomic E-state index is 1.07. The number of pyridine rings is 2. The highest BCUT2D eigenvalue weighted by molar-refractivity contribution is 5.87. The highest BCUT2D eigenvalue weighted by atomic mass is 15.0. The number of hydrogen-bond donors (Lipinski definition) is 0. The molecule has 0 radical (unpaired) electrons. The summed E-state index contributed by atoms with van der Waals surface area (Å²) in [5.41, 5.74) is 5.86. The third kappa shape index (κ3) is 2.07. The first kappa shape index (κ1) is 12.8. The fourth-order valence-corrected chi connectivity index (χ4v) is 2.80. The monoisotopic (exact) mass is 285 g/mol. The van der Waals surface area contributed by atoms with E-state index in [1.165, 1.54) is 27.6 Å². The topological polar surface area (TPSA) is 30.7 Å². The van der Waals surface area contributed by atoms with Gasteiger partial charge in [-0.15, -0.1) is 0 Å². The Hall–Kier alpha value is -2.94. The Morgan fingerprint density at radius 2 is 1.82 bits per heavy atom. The van der Waals surface area contributed by atoms with Crippen molar-refractivity contribution in [1.82, 2.24) is 14.5 Å². The molecule has 3 aromatic heterocycles. The molecule has 0 aliphatic carbocycles. The van der Waals surface area contributed by atoms with Crippen LogP contribution in [0.4, 0.5) is 0 Å². The van der Waals surface area contributed by atoms with Crippen molar-refractivity contribution in [3.63, 3.8) is 0 Å². The second-order valence-corrected chi connectivity index (χ2v) is 5.36. The van der Waals surface area contributed by atoms with Gasteiger partial charge in [-0.25, -0.2) is 0 Å². The Kier molecular flexibility index (Phi) is 2.97. The van der Waals surface area contributed by atoms with Crippen molar-refractivity contribution in [3.05, 3.63) is 79.0 Å². The van der Waals surface area contributed by atoms with Crippen LogP contribution in [0.15, 0.2) is 73.4 Å². The summed E-state index contributed by atoms with van der Waals surface area (Å²) in [6.45, 7) is 2.11. The molecule has 4 rings (SSSR count). The molecule has 3 heteroatoms. The summed E-state index contributed by atoms with van der Waals surface area (Å²) in [7, 11) is 0.